The quantitative estimate of drug-likeness (QED) is 0.864. The molecule has 6 nitrogen and oxygen atoms in total. The van der Waals surface area contributed by atoms with Crippen LogP contribution in [-0.4, -0.2) is 68.2 Å². The Balaban J connectivity index is 1.58. The molecule has 7 heteroatoms. The van der Waals surface area contributed by atoms with Gasteiger partial charge in [-0.25, -0.2) is 9.37 Å². The lowest BCUT2D eigenvalue weighted by molar-refractivity contribution is 0.425. The summed E-state index contributed by atoms with van der Waals surface area (Å²) in [6, 6.07) is 8.81. The van der Waals surface area contributed by atoms with Crippen LogP contribution in [0.1, 0.15) is 0 Å². The third-order valence-corrected chi connectivity index (χ3v) is 4.26. The number of hydrogen-bond acceptors (Lipinski definition) is 6. The van der Waals surface area contributed by atoms with E-state index in [1.165, 1.54) is 6.07 Å². The Hall–Kier alpha value is -2.41. The molecule has 0 spiro atoms. The molecule has 3 rings (SSSR count). The van der Waals surface area contributed by atoms with Crippen molar-refractivity contribution < 1.29 is 4.39 Å². The van der Waals surface area contributed by atoms with Gasteiger partial charge in [0.1, 0.15) is 11.6 Å². The SMILES string of the molecule is CN(C)CCNc1ccnc(N2CCN(c3ccccc3F)CC2)n1. The molecule has 25 heavy (non-hydrogen) atoms. The zero-order valence-corrected chi connectivity index (χ0v) is 14.8. The summed E-state index contributed by atoms with van der Waals surface area (Å²) in [6.45, 7) is 4.83. The molecule has 1 aromatic carbocycles. The van der Waals surface area contributed by atoms with Crippen molar-refractivity contribution in [3.8, 4) is 0 Å². The van der Waals surface area contributed by atoms with E-state index in [1.54, 1.807) is 12.3 Å². The van der Waals surface area contributed by atoms with Gasteiger partial charge in [-0.1, -0.05) is 12.1 Å². The summed E-state index contributed by atoms with van der Waals surface area (Å²) in [6.07, 6.45) is 1.78. The molecule has 1 saturated heterocycles. The number of benzene rings is 1. The van der Waals surface area contributed by atoms with E-state index in [-0.39, 0.29) is 5.82 Å². The fourth-order valence-electron chi connectivity index (χ4n) is 2.86. The fraction of sp³-hybridized carbons (Fsp3) is 0.444. The van der Waals surface area contributed by atoms with Crippen molar-refractivity contribution in [2.75, 3.05) is 68.5 Å². The summed E-state index contributed by atoms with van der Waals surface area (Å²) < 4.78 is 13.9. The van der Waals surface area contributed by atoms with E-state index in [4.69, 9.17) is 0 Å². The number of nitrogens with one attached hydrogen (secondary N) is 1. The van der Waals surface area contributed by atoms with Crippen LogP contribution in [0.3, 0.4) is 0 Å². The van der Waals surface area contributed by atoms with Gasteiger partial charge in [0.05, 0.1) is 5.69 Å². The molecular weight excluding hydrogens is 319 g/mol. The van der Waals surface area contributed by atoms with E-state index >= 15 is 0 Å². The van der Waals surface area contributed by atoms with Crippen molar-refractivity contribution in [1.29, 1.82) is 0 Å². The Labute approximate surface area is 148 Å². The number of halogens is 1. The number of likely N-dealkylation sites (N-methyl/N-ethyl adjacent to an activating group) is 1. The van der Waals surface area contributed by atoms with Gasteiger partial charge in [0.25, 0.3) is 0 Å². The van der Waals surface area contributed by atoms with Gasteiger partial charge in [-0.3, -0.25) is 0 Å². The van der Waals surface area contributed by atoms with Gasteiger partial charge in [-0.2, -0.15) is 4.98 Å². The summed E-state index contributed by atoms with van der Waals surface area (Å²) in [5.74, 6) is 1.39. The first kappa shape index (κ1) is 17.4. The van der Waals surface area contributed by atoms with Gasteiger partial charge in [-0.15, -0.1) is 0 Å². The second kappa shape index (κ2) is 8.11. The molecule has 1 fully saturated rings. The minimum atomic E-state index is -0.167. The summed E-state index contributed by atoms with van der Waals surface area (Å²) in [5, 5.41) is 3.32. The lowest BCUT2D eigenvalue weighted by Gasteiger charge is -2.36. The predicted octanol–water partition coefficient (Wildman–Crippen LogP) is 1.92. The van der Waals surface area contributed by atoms with Crippen LogP contribution in [0.4, 0.5) is 21.8 Å². The van der Waals surface area contributed by atoms with Crippen molar-refractivity contribution in [2.45, 2.75) is 0 Å². The Morgan fingerprint density at radius 2 is 1.80 bits per heavy atom. The number of nitrogens with zero attached hydrogens (tertiary/aromatic N) is 5. The summed E-state index contributed by atoms with van der Waals surface area (Å²) in [4.78, 5) is 15.3. The highest BCUT2D eigenvalue weighted by atomic mass is 19.1. The second-order valence-electron chi connectivity index (χ2n) is 6.40. The van der Waals surface area contributed by atoms with Gasteiger partial charge >= 0.3 is 0 Å². The Morgan fingerprint density at radius 1 is 1.08 bits per heavy atom. The van der Waals surface area contributed by atoms with E-state index in [9.17, 15) is 4.39 Å². The van der Waals surface area contributed by atoms with Crippen LogP contribution in [0, 0.1) is 5.82 Å². The lowest BCUT2D eigenvalue weighted by Crippen LogP contribution is -2.47. The van der Waals surface area contributed by atoms with E-state index in [0.29, 0.717) is 5.69 Å². The highest BCUT2D eigenvalue weighted by molar-refractivity contribution is 5.50. The molecule has 2 aromatic rings. The van der Waals surface area contributed by atoms with Crippen LogP contribution >= 0.6 is 0 Å². The second-order valence-corrected chi connectivity index (χ2v) is 6.40. The minimum absolute atomic E-state index is 0.167. The zero-order valence-electron chi connectivity index (χ0n) is 14.8. The standard InChI is InChI=1S/C18H25FN6/c1-23(2)10-9-20-17-7-8-21-18(22-17)25-13-11-24(12-14-25)16-6-4-3-5-15(16)19/h3-8H,9-14H2,1-2H3,(H,20,21,22). The number of aromatic nitrogens is 2. The molecule has 0 unspecified atom stereocenters. The van der Waals surface area contributed by atoms with E-state index in [1.807, 2.05) is 32.3 Å². The smallest absolute Gasteiger partial charge is 0.227 e. The third kappa shape index (κ3) is 4.57. The highest BCUT2D eigenvalue weighted by Gasteiger charge is 2.21. The largest absolute Gasteiger partial charge is 0.369 e. The Kier molecular flexibility index (Phi) is 5.65. The monoisotopic (exact) mass is 344 g/mol. The normalized spacial score (nSPS) is 14.9. The number of para-hydroxylation sites is 1. The first-order valence-corrected chi connectivity index (χ1v) is 8.59. The number of anilines is 3. The van der Waals surface area contributed by atoms with E-state index in [0.717, 1.165) is 51.0 Å². The first-order valence-electron chi connectivity index (χ1n) is 8.59. The molecule has 1 aliphatic heterocycles. The number of hydrogen-bond donors (Lipinski definition) is 1. The maximum atomic E-state index is 13.9. The van der Waals surface area contributed by atoms with Gasteiger partial charge in [0.15, 0.2) is 0 Å². The summed E-state index contributed by atoms with van der Waals surface area (Å²) in [5.41, 5.74) is 0.669. The molecule has 0 aliphatic carbocycles. The molecule has 0 bridgehead atoms. The number of piperazine rings is 1. The highest BCUT2D eigenvalue weighted by Crippen LogP contribution is 2.21. The van der Waals surface area contributed by atoms with Crippen molar-refractivity contribution in [3.63, 3.8) is 0 Å². The fourth-order valence-corrected chi connectivity index (χ4v) is 2.86. The Morgan fingerprint density at radius 3 is 2.52 bits per heavy atom. The topological polar surface area (TPSA) is 47.5 Å². The number of rotatable bonds is 6. The molecule has 1 aromatic heterocycles. The maximum absolute atomic E-state index is 13.9. The lowest BCUT2D eigenvalue weighted by atomic mass is 10.2. The average molecular weight is 344 g/mol. The van der Waals surface area contributed by atoms with Crippen LogP contribution in [0.2, 0.25) is 0 Å². The van der Waals surface area contributed by atoms with Crippen LogP contribution in [0.15, 0.2) is 36.5 Å². The average Bonchev–Trinajstić information content (AvgIpc) is 2.62. The first-order chi connectivity index (χ1) is 12.1. The van der Waals surface area contributed by atoms with Gasteiger partial charge in [-0.05, 0) is 32.3 Å². The summed E-state index contributed by atoms with van der Waals surface area (Å²) >= 11 is 0. The van der Waals surface area contributed by atoms with Crippen LogP contribution < -0.4 is 15.1 Å². The van der Waals surface area contributed by atoms with Crippen molar-refractivity contribution in [2.24, 2.45) is 0 Å². The molecular formula is C18H25FN6. The third-order valence-electron chi connectivity index (χ3n) is 4.26. The molecule has 0 amide bonds. The van der Waals surface area contributed by atoms with Gasteiger partial charge < -0.3 is 20.0 Å². The van der Waals surface area contributed by atoms with Crippen LogP contribution in [0.5, 0.6) is 0 Å². The molecule has 134 valence electrons. The van der Waals surface area contributed by atoms with Crippen molar-refractivity contribution in [1.82, 2.24) is 14.9 Å². The van der Waals surface area contributed by atoms with Gasteiger partial charge in [0.2, 0.25) is 5.95 Å². The zero-order chi connectivity index (χ0) is 17.6. The van der Waals surface area contributed by atoms with E-state index < -0.39 is 0 Å². The van der Waals surface area contributed by atoms with Crippen LogP contribution in [-0.2, 0) is 0 Å². The van der Waals surface area contributed by atoms with Crippen molar-refractivity contribution >= 4 is 17.5 Å². The molecule has 1 aliphatic rings. The molecule has 2 heterocycles. The maximum Gasteiger partial charge on any atom is 0.227 e. The van der Waals surface area contributed by atoms with Crippen molar-refractivity contribution in [3.05, 3.63) is 42.3 Å². The summed E-state index contributed by atoms with van der Waals surface area (Å²) in [7, 11) is 4.09. The molecule has 0 atom stereocenters. The minimum Gasteiger partial charge on any atom is -0.369 e. The molecule has 0 radical (unpaired) electrons. The molecule has 1 N–H and O–H groups in total. The predicted molar refractivity (Wildman–Crippen MR) is 99.9 cm³/mol. The molecule has 0 saturated carbocycles. The van der Waals surface area contributed by atoms with E-state index in [2.05, 4.69) is 30.0 Å². The van der Waals surface area contributed by atoms with Crippen LogP contribution in [0.25, 0.3) is 0 Å². The Bertz CT molecular complexity index is 685. The van der Waals surface area contributed by atoms with Gasteiger partial charge in [0, 0.05) is 45.5 Å².